The van der Waals surface area contributed by atoms with Crippen molar-refractivity contribution in [1.29, 1.82) is 0 Å². The van der Waals surface area contributed by atoms with Gasteiger partial charge in [-0.05, 0) is 30.2 Å². The van der Waals surface area contributed by atoms with Gasteiger partial charge in [0.2, 0.25) is 11.8 Å². The Morgan fingerprint density at radius 2 is 2.04 bits per heavy atom. The SMILES string of the molecule is Cn1ccc2c[n+](C3CCc4ccc(OC(F)(F)F)cc4C3=O)ccc21. The average Bonchev–Trinajstić information content (AvgIpc) is 2.95. The number of alkyl halides is 3. The molecular weight excluding hydrogens is 345 g/mol. The second-order valence-electron chi connectivity index (χ2n) is 6.44. The molecule has 2 heterocycles. The van der Waals surface area contributed by atoms with E-state index in [2.05, 4.69) is 4.74 Å². The van der Waals surface area contributed by atoms with Crippen molar-refractivity contribution >= 4 is 16.7 Å². The number of halogens is 3. The van der Waals surface area contributed by atoms with Gasteiger partial charge in [-0.3, -0.25) is 4.79 Å². The number of hydrogen-bond donors (Lipinski definition) is 0. The Hall–Kier alpha value is -2.83. The van der Waals surface area contributed by atoms with Crippen molar-refractivity contribution in [3.05, 3.63) is 60.0 Å². The van der Waals surface area contributed by atoms with Crippen LogP contribution in [0.1, 0.15) is 28.4 Å². The number of ether oxygens (including phenoxy) is 1. The lowest BCUT2D eigenvalue weighted by Gasteiger charge is -2.21. The quantitative estimate of drug-likeness (QED) is 0.652. The number of nitrogens with zero attached hydrogens (tertiary/aromatic N) is 2. The fourth-order valence-electron chi connectivity index (χ4n) is 3.53. The van der Waals surface area contributed by atoms with Crippen molar-refractivity contribution in [1.82, 2.24) is 4.57 Å². The zero-order valence-electron chi connectivity index (χ0n) is 14.0. The van der Waals surface area contributed by atoms with Crippen molar-refractivity contribution in [2.24, 2.45) is 7.05 Å². The third kappa shape index (κ3) is 2.94. The van der Waals surface area contributed by atoms with Crippen LogP contribution in [-0.2, 0) is 13.5 Å². The summed E-state index contributed by atoms with van der Waals surface area (Å²) in [6.45, 7) is 0. The van der Waals surface area contributed by atoms with Crippen LogP contribution in [0.2, 0.25) is 0 Å². The molecule has 26 heavy (non-hydrogen) atoms. The normalized spacial score (nSPS) is 17.4. The van der Waals surface area contributed by atoms with Gasteiger partial charge in [0, 0.05) is 31.3 Å². The van der Waals surface area contributed by atoms with Gasteiger partial charge in [0.05, 0.1) is 10.9 Å². The molecule has 0 bridgehead atoms. The third-order valence-electron chi connectivity index (χ3n) is 4.78. The standard InChI is InChI=1S/C19H16F3N2O2/c1-23-8-6-13-11-24(9-7-16(13)23)17-5-3-12-2-4-14(26-19(20,21)22)10-15(12)18(17)25/h2,4,6-11,17H,3,5H2,1H3/q+1. The number of aryl methyl sites for hydroxylation is 2. The van der Waals surface area contributed by atoms with Crippen molar-refractivity contribution in [3.8, 4) is 5.75 Å². The second kappa shape index (κ2) is 5.86. The van der Waals surface area contributed by atoms with Crippen LogP contribution in [0.5, 0.6) is 5.75 Å². The number of carbonyl (C=O) groups is 1. The van der Waals surface area contributed by atoms with E-state index in [0.29, 0.717) is 18.4 Å². The topological polar surface area (TPSA) is 35.1 Å². The Bertz CT molecular complexity index is 1010. The number of fused-ring (bicyclic) bond motifs is 2. The summed E-state index contributed by atoms with van der Waals surface area (Å²) >= 11 is 0. The van der Waals surface area contributed by atoms with Gasteiger partial charge in [0.1, 0.15) is 5.75 Å². The fraction of sp³-hybridized carbons (Fsp3) is 0.263. The van der Waals surface area contributed by atoms with Crippen molar-refractivity contribution in [3.63, 3.8) is 0 Å². The number of hydrogen-bond acceptors (Lipinski definition) is 2. The smallest absolute Gasteiger partial charge is 0.406 e. The molecule has 1 aromatic carbocycles. The molecule has 0 saturated heterocycles. The zero-order chi connectivity index (χ0) is 18.5. The molecule has 0 saturated carbocycles. The first kappa shape index (κ1) is 16.6. The van der Waals surface area contributed by atoms with Gasteiger partial charge in [-0.15, -0.1) is 13.2 Å². The molecule has 1 atom stereocenters. The molecule has 4 rings (SSSR count). The summed E-state index contributed by atoms with van der Waals surface area (Å²) in [7, 11) is 1.94. The van der Waals surface area contributed by atoms with Crippen LogP contribution >= 0.6 is 0 Å². The first-order chi connectivity index (χ1) is 12.3. The molecule has 2 aromatic heterocycles. The van der Waals surface area contributed by atoms with Crippen LogP contribution in [0, 0.1) is 0 Å². The van der Waals surface area contributed by atoms with Gasteiger partial charge in [-0.2, -0.15) is 4.57 Å². The lowest BCUT2D eigenvalue weighted by molar-refractivity contribution is -0.707. The summed E-state index contributed by atoms with van der Waals surface area (Å²) in [6, 6.07) is 7.44. The molecule has 0 aliphatic heterocycles. The first-order valence-corrected chi connectivity index (χ1v) is 8.20. The summed E-state index contributed by atoms with van der Waals surface area (Å²) < 4.78 is 45.1. The highest BCUT2D eigenvalue weighted by atomic mass is 19.4. The van der Waals surface area contributed by atoms with E-state index < -0.39 is 12.4 Å². The molecule has 1 aliphatic carbocycles. The Balaban J connectivity index is 1.68. The maximum absolute atomic E-state index is 12.9. The van der Waals surface area contributed by atoms with Gasteiger partial charge in [-0.1, -0.05) is 6.07 Å². The minimum Gasteiger partial charge on any atom is -0.406 e. The van der Waals surface area contributed by atoms with Gasteiger partial charge >= 0.3 is 6.36 Å². The number of Topliss-reactive ketones (excluding diaryl/α,β-unsaturated/α-hetero) is 1. The number of rotatable bonds is 2. The zero-order valence-corrected chi connectivity index (χ0v) is 14.0. The van der Waals surface area contributed by atoms with E-state index in [-0.39, 0.29) is 11.5 Å². The van der Waals surface area contributed by atoms with E-state index in [1.54, 1.807) is 0 Å². The molecule has 0 spiro atoms. The summed E-state index contributed by atoms with van der Waals surface area (Å²) in [5, 5.41) is 1.00. The van der Waals surface area contributed by atoms with Crippen molar-refractivity contribution in [2.45, 2.75) is 25.2 Å². The van der Waals surface area contributed by atoms with E-state index in [9.17, 15) is 18.0 Å². The monoisotopic (exact) mass is 361 g/mol. The van der Waals surface area contributed by atoms with Crippen LogP contribution in [0.4, 0.5) is 13.2 Å². The van der Waals surface area contributed by atoms with Gasteiger partial charge in [0.25, 0.3) is 0 Å². The molecule has 0 N–H and O–H groups in total. The number of benzene rings is 1. The van der Waals surface area contributed by atoms with E-state index in [0.717, 1.165) is 16.5 Å². The maximum atomic E-state index is 12.9. The molecule has 134 valence electrons. The lowest BCUT2D eigenvalue weighted by atomic mass is 9.86. The van der Waals surface area contributed by atoms with Crippen molar-refractivity contribution in [2.75, 3.05) is 0 Å². The predicted octanol–water partition coefficient (Wildman–Crippen LogP) is 3.73. The van der Waals surface area contributed by atoms with Gasteiger partial charge < -0.3 is 9.30 Å². The fourth-order valence-corrected chi connectivity index (χ4v) is 3.53. The van der Waals surface area contributed by atoms with E-state index in [4.69, 9.17) is 0 Å². The van der Waals surface area contributed by atoms with E-state index in [1.165, 1.54) is 18.2 Å². The largest absolute Gasteiger partial charge is 0.573 e. The Labute approximate surface area is 147 Å². The summed E-state index contributed by atoms with van der Waals surface area (Å²) in [5.74, 6) is -0.562. The second-order valence-corrected chi connectivity index (χ2v) is 6.44. The highest BCUT2D eigenvalue weighted by molar-refractivity contribution is 6.00. The van der Waals surface area contributed by atoms with Crippen LogP contribution in [0.3, 0.4) is 0 Å². The van der Waals surface area contributed by atoms with E-state index in [1.807, 2.05) is 46.9 Å². The van der Waals surface area contributed by atoms with Crippen LogP contribution in [0.25, 0.3) is 10.9 Å². The molecule has 0 radical (unpaired) electrons. The molecule has 1 aliphatic rings. The number of aromatic nitrogens is 2. The van der Waals surface area contributed by atoms with Crippen LogP contribution in [-0.4, -0.2) is 16.7 Å². The Morgan fingerprint density at radius 1 is 1.23 bits per heavy atom. The Kier molecular flexibility index (Phi) is 3.75. The maximum Gasteiger partial charge on any atom is 0.573 e. The molecular formula is C19H16F3N2O2+. The van der Waals surface area contributed by atoms with Crippen LogP contribution < -0.4 is 9.30 Å². The van der Waals surface area contributed by atoms with E-state index >= 15 is 0 Å². The average molecular weight is 361 g/mol. The number of carbonyl (C=O) groups excluding carboxylic acids is 1. The number of pyridine rings is 1. The third-order valence-corrected chi connectivity index (χ3v) is 4.78. The summed E-state index contributed by atoms with van der Waals surface area (Å²) in [5.41, 5.74) is 2.09. The summed E-state index contributed by atoms with van der Waals surface area (Å²) in [4.78, 5) is 12.9. The highest BCUT2D eigenvalue weighted by Gasteiger charge is 2.36. The van der Waals surface area contributed by atoms with Gasteiger partial charge in [-0.25, -0.2) is 0 Å². The molecule has 0 fully saturated rings. The number of ketones is 1. The van der Waals surface area contributed by atoms with Crippen LogP contribution in [0.15, 0.2) is 48.9 Å². The minimum atomic E-state index is -4.78. The molecule has 7 heteroatoms. The Morgan fingerprint density at radius 3 is 2.81 bits per heavy atom. The molecule has 4 nitrogen and oxygen atoms in total. The highest BCUT2D eigenvalue weighted by Crippen LogP contribution is 2.31. The predicted molar refractivity (Wildman–Crippen MR) is 87.9 cm³/mol. The molecule has 1 unspecified atom stereocenters. The molecule has 0 amide bonds. The minimum absolute atomic E-state index is 0.195. The summed E-state index contributed by atoms with van der Waals surface area (Å²) in [6.07, 6.45) is 2.13. The first-order valence-electron chi connectivity index (χ1n) is 8.20. The van der Waals surface area contributed by atoms with Crippen molar-refractivity contribution < 1.29 is 27.3 Å². The van der Waals surface area contributed by atoms with Gasteiger partial charge in [0.15, 0.2) is 12.4 Å². The lowest BCUT2D eigenvalue weighted by Crippen LogP contribution is -2.45. The molecule has 3 aromatic rings.